The second-order valence-electron chi connectivity index (χ2n) is 2.74. The Labute approximate surface area is 111 Å². The van der Waals surface area contributed by atoms with Crippen LogP contribution in [0.3, 0.4) is 0 Å². The van der Waals surface area contributed by atoms with Gasteiger partial charge in [-0.05, 0) is 25.7 Å². The Hall–Kier alpha value is 0.440. The number of rotatable bonds is 10. The van der Waals surface area contributed by atoms with E-state index < -0.39 is 12.7 Å². The lowest BCUT2D eigenvalue weighted by Gasteiger charge is -2.30. The first-order chi connectivity index (χ1) is 8.00. The van der Waals surface area contributed by atoms with Crippen LogP contribution in [0.4, 0.5) is 4.39 Å². The van der Waals surface area contributed by atoms with E-state index >= 15 is 0 Å². The molecule has 17 heavy (non-hydrogen) atoms. The summed E-state index contributed by atoms with van der Waals surface area (Å²) in [4.78, 5) is 10.2. The van der Waals surface area contributed by atoms with E-state index in [0.29, 0.717) is 19.8 Å². The van der Waals surface area contributed by atoms with Gasteiger partial charge in [-0.3, -0.25) is 4.79 Å². The monoisotopic (exact) mass is 304 g/mol. The molecule has 0 aromatic carbocycles. The molecule has 0 amide bonds. The lowest BCUT2D eigenvalue weighted by Crippen LogP contribution is -2.23. The molecule has 5 nitrogen and oxygen atoms in total. The number of carbonyl (C=O) groups is 1. The fraction of sp³-hybridized carbons (Fsp3) is 0.875. The van der Waals surface area contributed by atoms with Crippen molar-refractivity contribution in [1.82, 2.24) is 8.80 Å². The molecule has 0 saturated heterocycles. The molecule has 0 saturated carbocycles. The second kappa shape index (κ2) is 9.38. The summed E-state index contributed by atoms with van der Waals surface area (Å²) in [7, 11) is 0. The molecule has 0 aliphatic rings. The van der Waals surface area contributed by atoms with Crippen LogP contribution in [0, 0.1) is 0 Å². The van der Waals surface area contributed by atoms with E-state index in [1.165, 1.54) is 0 Å². The van der Waals surface area contributed by atoms with Crippen molar-refractivity contribution in [2.45, 2.75) is 20.8 Å². The van der Waals surface area contributed by atoms with Gasteiger partial charge in [0.05, 0.1) is 19.8 Å². The Balaban J connectivity index is 4.45. The maximum Gasteiger partial charge on any atom is 0.316 e. The zero-order valence-electron chi connectivity index (χ0n) is 10.1. The quantitative estimate of drug-likeness (QED) is 0.377. The van der Waals surface area contributed by atoms with E-state index in [9.17, 15) is 9.18 Å². The summed E-state index contributed by atoms with van der Waals surface area (Å²) in [5.74, 6) is 0. The summed E-state index contributed by atoms with van der Waals surface area (Å²) in [5.41, 5.74) is 0. The molecule has 102 valence electrons. The Kier molecular flexibility index (Phi) is 9.62. The van der Waals surface area contributed by atoms with Crippen LogP contribution in [-0.4, -0.2) is 36.4 Å². The van der Waals surface area contributed by atoms with E-state index in [1.807, 2.05) is 20.8 Å². The molecule has 0 heterocycles. The first kappa shape index (κ1) is 17.4. The Bertz CT molecular complexity index is 273. The molecule has 0 aliphatic carbocycles. The smallest absolute Gasteiger partial charge is 0.316 e. The normalized spacial score (nSPS) is 12.1. The van der Waals surface area contributed by atoms with Gasteiger partial charge >= 0.3 is 6.04 Å². The molecule has 0 aromatic rings. The summed E-state index contributed by atoms with van der Waals surface area (Å²) in [6.07, 6.45) is 0. The van der Waals surface area contributed by atoms with Crippen molar-refractivity contribution in [3.8, 4) is 0 Å². The number of nitrogens with one attached hydrogen (secondary N) is 1. The number of carbonyl (C=O) groups excluding carboxylic acids is 1. The molecule has 0 fully saturated rings. The van der Waals surface area contributed by atoms with Gasteiger partial charge in [-0.2, -0.15) is 8.47 Å². The minimum Gasteiger partial charge on any atom is -0.318 e. The molecule has 0 spiro atoms. The number of halogens is 1. The van der Waals surface area contributed by atoms with Gasteiger partial charge < -0.3 is 9.05 Å². The van der Waals surface area contributed by atoms with Crippen molar-refractivity contribution < 1.29 is 18.2 Å². The highest BCUT2D eigenvalue weighted by Gasteiger charge is 2.27. The lowest BCUT2D eigenvalue weighted by atomic mass is 10.7. The number of hydrogen-bond donors (Lipinski definition) is 1. The van der Waals surface area contributed by atoms with Gasteiger partial charge in [0.25, 0.3) is 6.64 Å². The fourth-order valence-electron chi connectivity index (χ4n) is 0.944. The van der Waals surface area contributed by atoms with E-state index in [2.05, 4.69) is 4.72 Å². The van der Waals surface area contributed by atoms with Crippen molar-refractivity contribution in [2.75, 3.05) is 26.3 Å². The van der Waals surface area contributed by atoms with E-state index in [-0.39, 0.29) is 6.54 Å². The average molecular weight is 304 g/mol. The maximum atomic E-state index is 12.0. The molecule has 0 bridgehead atoms. The Morgan fingerprint density at radius 2 is 1.94 bits per heavy atom. The van der Waals surface area contributed by atoms with Crippen LogP contribution in [-0.2, 0) is 25.6 Å². The van der Waals surface area contributed by atoms with Gasteiger partial charge in [-0.15, -0.1) is 0 Å². The third-order valence-electron chi connectivity index (χ3n) is 1.51. The number of hydrogen-bond acceptors (Lipinski definition) is 6. The molecule has 0 aromatic heterocycles. The van der Waals surface area contributed by atoms with Crippen LogP contribution in [0.25, 0.3) is 0 Å². The van der Waals surface area contributed by atoms with Crippen molar-refractivity contribution in [1.29, 1.82) is 0 Å². The molecule has 0 unspecified atom stereocenters. The van der Waals surface area contributed by atoms with Crippen molar-refractivity contribution in [3.63, 3.8) is 0 Å². The number of nitrogens with zero attached hydrogens (tertiary/aromatic N) is 1. The maximum absolute atomic E-state index is 12.0. The van der Waals surface area contributed by atoms with Gasteiger partial charge in [0.2, 0.25) is 0 Å². The third kappa shape index (κ3) is 6.81. The van der Waals surface area contributed by atoms with Crippen molar-refractivity contribution in [2.24, 2.45) is 0 Å². The fourth-order valence-corrected chi connectivity index (χ4v) is 4.87. The first-order valence-electron chi connectivity index (χ1n) is 5.25. The average Bonchev–Trinajstić information content (AvgIpc) is 2.24. The molecule has 0 atom stereocenters. The van der Waals surface area contributed by atoms with Crippen LogP contribution in [0.5, 0.6) is 0 Å². The minimum atomic E-state index is -2.56. The van der Waals surface area contributed by atoms with Crippen LogP contribution in [0.2, 0.25) is 0 Å². The predicted molar refractivity (Wildman–Crippen MR) is 71.6 cm³/mol. The predicted octanol–water partition coefficient (Wildman–Crippen LogP) is 2.25. The Morgan fingerprint density at radius 3 is 2.29 bits per heavy atom. The highest BCUT2D eigenvalue weighted by Crippen LogP contribution is 2.54. The van der Waals surface area contributed by atoms with Gasteiger partial charge in [-0.1, -0.05) is 6.92 Å². The first-order valence-corrected chi connectivity index (χ1v) is 8.61. The summed E-state index contributed by atoms with van der Waals surface area (Å²) >= 11 is 6.41. The SMILES string of the molecule is CCOP(=S)(OCC)N(CC)SNCC(=O)F. The van der Waals surface area contributed by atoms with Gasteiger partial charge in [0.1, 0.15) is 0 Å². The molecule has 9 heteroatoms. The van der Waals surface area contributed by atoms with Crippen LogP contribution < -0.4 is 4.72 Å². The molecule has 0 rings (SSSR count). The molecular weight excluding hydrogens is 286 g/mol. The van der Waals surface area contributed by atoms with E-state index in [0.717, 1.165) is 12.1 Å². The lowest BCUT2D eigenvalue weighted by molar-refractivity contribution is -0.127. The molecule has 1 N–H and O–H groups in total. The third-order valence-corrected chi connectivity index (χ3v) is 6.67. The highest BCUT2D eigenvalue weighted by molar-refractivity contribution is 8.15. The van der Waals surface area contributed by atoms with Gasteiger partial charge in [0.15, 0.2) is 0 Å². The molecule has 0 aliphatic heterocycles. The topological polar surface area (TPSA) is 50.8 Å². The van der Waals surface area contributed by atoms with Crippen LogP contribution in [0.15, 0.2) is 0 Å². The molecule has 0 radical (unpaired) electrons. The van der Waals surface area contributed by atoms with E-state index in [4.69, 9.17) is 20.9 Å². The summed E-state index contributed by atoms with van der Waals surface area (Å²) < 4.78 is 27.2. The van der Waals surface area contributed by atoms with Crippen molar-refractivity contribution >= 4 is 36.6 Å². The van der Waals surface area contributed by atoms with Gasteiger partial charge in [0, 0.05) is 18.7 Å². The Morgan fingerprint density at radius 1 is 1.41 bits per heavy atom. The van der Waals surface area contributed by atoms with Gasteiger partial charge in [-0.25, -0.2) is 4.72 Å². The second-order valence-corrected chi connectivity index (χ2v) is 7.24. The van der Waals surface area contributed by atoms with Crippen LogP contribution in [0.1, 0.15) is 20.8 Å². The summed E-state index contributed by atoms with van der Waals surface area (Å²) in [6.45, 7) is 4.07. The van der Waals surface area contributed by atoms with E-state index in [1.54, 1.807) is 4.08 Å². The zero-order chi connectivity index (χ0) is 13.3. The summed E-state index contributed by atoms with van der Waals surface area (Å²) in [6, 6.07) is -1.42. The highest BCUT2D eigenvalue weighted by atomic mass is 32.5. The van der Waals surface area contributed by atoms with Crippen molar-refractivity contribution in [3.05, 3.63) is 0 Å². The largest absolute Gasteiger partial charge is 0.318 e. The minimum absolute atomic E-state index is 0.366. The zero-order valence-corrected chi connectivity index (χ0v) is 12.7. The van der Waals surface area contributed by atoms with Crippen LogP contribution >= 0.6 is 18.8 Å². The molecular formula is C8H18FN2O3PS2. The summed E-state index contributed by atoms with van der Waals surface area (Å²) in [5, 5.41) is 0. The standard InChI is InChI=1S/C8H18FN2O3PS2/c1-4-11(17-10-7-8(9)12)15(16,13-5-2)14-6-3/h10H,4-7H2,1-3H3.